The van der Waals surface area contributed by atoms with Crippen LogP contribution in [0.3, 0.4) is 0 Å². The monoisotopic (exact) mass is 406 g/mol. The van der Waals surface area contributed by atoms with Gasteiger partial charge in [-0.1, -0.05) is 22.6 Å². The van der Waals surface area contributed by atoms with E-state index in [1.54, 1.807) is 6.07 Å². The molecule has 1 aromatic heterocycles. The standard InChI is InChI=1S/C12H8BrIO3/c13-9-2-6-1-8-7(4-14)5-16-11(8)3-10(6)17-12(9)15/h1-3,7H,4-5H2. The summed E-state index contributed by atoms with van der Waals surface area (Å²) in [6, 6.07) is 5.66. The number of ether oxygens (including phenoxy) is 1. The van der Waals surface area contributed by atoms with Gasteiger partial charge in [-0.2, -0.15) is 0 Å². The molecule has 5 heteroatoms. The summed E-state index contributed by atoms with van der Waals surface area (Å²) in [5.74, 6) is 1.27. The van der Waals surface area contributed by atoms with Crippen LogP contribution in [0.5, 0.6) is 5.75 Å². The van der Waals surface area contributed by atoms with Gasteiger partial charge in [-0.3, -0.25) is 0 Å². The highest BCUT2D eigenvalue weighted by Crippen LogP contribution is 2.38. The van der Waals surface area contributed by atoms with Gasteiger partial charge in [-0.25, -0.2) is 4.79 Å². The van der Waals surface area contributed by atoms with Crippen LogP contribution in [0.2, 0.25) is 0 Å². The lowest BCUT2D eigenvalue weighted by molar-refractivity contribution is 0.339. The summed E-state index contributed by atoms with van der Waals surface area (Å²) < 4.78 is 12.3. The Labute approximate surface area is 119 Å². The van der Waals surface area contributed by atoms with E-state index < -0.39 is 0 Å². The first-order chi connectivity index (χ1) is 8.19. The second kappa shape index (κ2) is 4.28. The van der Waals surface area contributed by atoms with Crippen molar-refractivity contribution >= 4 is 49.5 Å². The lowest BCUT2D eigenvalue weighted by Gasteiger charge is -2.04. The van der Waals surface area contributed by atoms with Crippen LogP contribution in [0.25, 0.3) is 11.0 Å². The molecule has 1 aliphatic rings. The van der Waals surface area contributed by atoms with Crippen molar-refractivity contribution in [3.63, 3.8) is 0 Å². The van der Waals surface area contributed by atoms with E-state index in [1.165, 1.54) is 5.56 Å². The number of fused-ring (bicyclic) bond motifs is 2. The van der Waals surface area contributed by atoms with Gasteiger partial charge in [0, 0.05) is 27.4 Å². The van der Waals surface area contributed by atoms with Crippen molar-refractivity contribution in [2.24, 2.45) is 0 Å². The normalized spacial score (nSPS) is 18.1. The summed E-state index contributed by atoms with van der Waals surface area (Å²) in [5, 5.41) is 0.926. The SMILES string of the molecule is O=c1oc2cc3c(cc2cc1Br)C(CI)CO3. The zero-order valence-electron chi connectivity index (χ0n) is 8.70. The smallest absolute Gasteiger partial charge is 0.350 e. The summed E-state index contributed by atoms with van der Waals surface area (Å²) in [4.78, 5) is 11.4. The zero-order chi connectivity index (χ0) is 12.0. The molecular formula is C12H8BrIO3. The van der Waals surface area contributed by atoms with E-state index in [-0.39, 0.29) is 5.63 Å². The molecule has 0 N–H and O–H groups in total. The van der Waals surface area contributed by atoms with Crippen LogP contribution in [0.4, 0.5) is 0 Å². The first-order valence-corrected chi connectivity index (χ1v) is 7.47. The van der Waals surface area contributed by atoms with Crippen molar-refractivity contribution in [1.29, 1.82) is 0 Å². The second-order valence-corrected chi connectivity index (χ2v) is 5.71. The minimum Gasteiger partial charge on any atom is -0.492 e. The van der Waals surface area contributed by atoms with Crippen LogP contribution in [-0.2, 0) is 0 Å². The third-order valence-corrected chi connectivity index (χ3v) is 4.50. The number of rotatable bonds is 1. The highest BCUT2D eigenvalue weighted by atomic mass is 127. The Morgan fingerprint density at radius 1 is 1.41 bits per heavy atom. The third-order valence-electron chi connectivity index (χ3n) is 2.89. The van der Waals surface area contributed by atoms with Gasteiger partial charge in [-0.15, -0.1) is 0 Å². The number of hydrogen-bond donors (Lipinski definition) is 0. The Morgan fingerprint density at radius 2 is 2.24 bits per heavy atom. The van der Waals surface area contributed by atoms with E-state index in [0.717, 1.165) is 15.6 Å². The van der Waals surface area contributed by atoms with Crippen LogP contribution in [0, 0.1) is 0 Å². The molecule has 1 aliphatic heterocycles. The topological polar surface area (TPSA) is 39.4 Å². The summed E-state index contributed by atoms with van der Waals surface area (Å²) >= 11 is 5.55. The van der Waals surface area contributed by atoms with E-state index in [0.29, 0.717) is 22.6 Å². The fraction of sp³-hybridized carbons (Fsp3) is 0.250. The third kappa shape index (κ3) is 1.89. The summed E-state index contributed by atoms with van der Waals surface area (Å²) in [6.45, 7) is 0.708. The maximum atomic E-state index is 11.4. The molecule has 0 radical (unpaired) electrons. The Hall–Kier alpha value is -0.560. The second-order valence-electron chi connectivity index (χ2n) is 3.97. The predicted molar refractivity (Wildman–Crippen MR) is 77.3 cm³/mol. The fourth-order valence-corrected chi connectivity index (χ4v) is 3.05. The molecule has 88 valence electrons. The molecule has 3 rings (SSSR count). The quantitative estimate of drug-likeness (QED) is 0.413. The maximum absolute atomic E-state index is 11.4. The first kappa shape index (κ1) is 11.5. The van der Waals surface area contributed by atoms with Gasteiger partial charge in [0.1, 0.15) is 15.8 Å². The lowest BCUT2D eigenvalue weighted by Crippen LogP contribution is -2.01. The van der Waals surface area contributed by atoms with Crippen LogP contribution in [0.1, 0.15) is 11.5 Å². The highest BCUT2D eigenvalue weighted by molar-refractivity contribution is 14.1. The molecule has 0 bridgehead atoms. The molecule has 0 saturated heterocycles. The van der Waals surface area contributed by atoms with Crippen LogP contribution in [0.15, 0.2) is 31.9 Å². The number of hydrogen-bond acceptors (Lipinski definition) is 3. The van der Waals surface area contributed by atoms with Gasteiger partial charge in [0.15, 0.2) is 0 Å². The zero-order valence-corrected chi connectivity index (χ0v) is 12.4. The Bertz CT molecular complexity index is 650. The highest BCUT2D eigenvalue weighted by Gasteiger charge is 2.24. The summed E-state index contributed by atoms with van der Waals surface area (Å²) in [5.41, 5.74) is 1.42. The molecule has 0 aliphatic carbocycles. The summed E-state index contributed by atoms with van der Waals surface area (Å²) in [6.07, 6.45) is 0. The van der Waals surface area contributed by atoms with E-state index in [9.17, 15) is 4.79 Å². The van der Waals surface area contributed by atoms with E-state index in [1.807, 2.05) is 6.07 Å². The van der Waals surface area contributed by atoms with Crippen molar-refractivity contribution in [2.75, 3.05) is 11.0 Å². The van der Waals surface area contributed by atoms with Gasteiger partial charge < -0.3 is 9.15 Å². The molecule has 1 aromatic carbocycles. The molecule has 1 unspecified atom stereocenters. The van der Waals surface area contributed by atoms with E-state index in [2.05, 4.69) is 44.6 Å². The molecule has 0 spiro atoms. The molecule has 0 fully saturated rings. The van der Waals surface area contributed by atoms with Crippen LogP contribution >= 0.6 is 38.5 Å². The average molecular weight is 407 g/mol. The van der Waals surface area contributed by atoms with Crippen molar-refractivity contribution in [2.45, 2.75) is 5.92 Å². The van der Waals surface area contributed by atoms with Crippen molar-refractivity contribution in [1.82, 2.24) is 0 Å². The van der Waals surface area contributed by atoms with Crippen molar-refractivity contribution in [3.8, 4) is 5.75 Å². The van der Waals surface area contributed by atoms with Gasteiger partial charge in [0.2, 0.25) is 0 Å². The Morgan fingerprint density at radius 3 is 3.00 bits per heavy atom. The molecular weight excluding hydrogens is 399 g/mol. The van der Waals surface area contributed by atoms with Crippen LogP contribution in [-0.4, -0.2) is 11.0 Å². The Balaban J connectivity index is 2.28. The molecule has 2 aromatic rings. The van der Waals surface area contributed by atoms with E-state index in [4.69, 9.17) is 9.15 Å². The molecule has 3 nitrogen and oxygen atoms in total. The molecule has 17 heavy (non-hydrogen) atoms. The van der Waals surface area contributed by atoms with Crippen LogP contribution < -0.4 is 10.4 Å². The fourth-order valence-electron chi connectivity index (χ4n) is 1.99. The molecule has 0 saturated carbocycles. The number of alkyl halides is 1. The first-order valence-electron chi connectivity index (χ1n) is 5.15. The maximum Gasteiger partial charge on any atom is 0.350 e. The van der Waals surface area contributed by atoms with Gasteiger partial charge in [-0.05, 0) is 28.1 Å². The van der Waals surface area contributed by atoms with Gasteiger partial charge >= 0.3 is 5.63 Å². The summed E-state index contributed by atoms with van der Waals surface area (Å²) in [7, 11) is 0. The minimum absolute atomic E-state index is 0.360. The Kier molecular flexibility index (Phi) is 2.90. The molecule has 1 atom stereocenters. The van der Waals surface area contributed by atoms with Gasteiger partial charge in [0.05, 0.1) is 6.61 Å². The minimum atomic E-state index is -0.360. The largest absolute Gasteiger partial charge is 0.492 e. The van der Waals surface area contributed by atoms with E-state index >= 15 is 0 Å². The number of halogens is 2. The van der Waals surface area contributed by atoms with Crippen molar-refractivity contribution in [3.05, 3.63) is 38.7 Å². The predicted octanol–water partition coefficient (Wildman–Crippen LogP) is 3.47. The van der Waals surface area contributed by atoms with Crippen molar-refractivity contribution < 1.29 is 9.15 Å². The molecule has 0 amide bonds. The number of benzene rings is 1. The van der Waals surface area contributed by atoms with Gasteiger partial charge in [0.25, 0.3) is 0 Å². The average Bonchev–Trinajstić information content (AvgIpc) is 2.70. The lowest BCUT2D eigenvalue weighted by atomic mass is 10.0. The molecule has 2 heterocycles.